The van der Waals surface area contributed by atoms with Gasteiger partial charge in [-0.05, 0) is 24.2 Å². The van der Waals surface area contributed by atoms with Gasteiger partial charge in [0, 0.05) is 12.2 Å². The molecule has 0 saturated heterocycles. The molecular formula is C9H12ClN3O2. The first-order valence-corrected chi connectivity index (χ1v) is 4.37. The summed E-state index contributed by atoms with van der Waals surface area (Å²) < 4.78 is 10.3. The number of hydrogen-bond acceptors (Lipinski definition) is 5. The number of halogens is 1. The topological polar surface area (TPSA) is 74.2 Å². The summed E-state index contributed by atoms with van der Waals surface area (Å²) in [6.45, 7) is 2.77. The second-order valence-electron chi connectivity index (χ2n) is 2.93. The lowest BCUT2D eigenvalue weighted by Gasteiger charge is -1.98. The van der Waals surface area contributed by atoms with Crippen molar-refractivity contribution < 1.29 is 9.26 Å². The van der Waals surface area contributed by atoms with Gasteiger partial charge in [-0.2, -0.15) is 0 Å². The number of pyridine rings is 1. The number of nitrogens with two attached hydrogens (primary N) is 1. The number of aromatic nitrogens is 2. The van der Waals surface area contributed by atoms with Crippen LogP contribution in [-0.2, 0) is 0 Å². The van der Waals surface area contributed by atoms with Crippen molar-refractivity contribution in [2.45, 2.75) is 6.92 Å². The SMILES string of the molecule is Cc1ccc2c(OCCN)noc2n1.Cl. The third kappa shape index (κ3) is 2.37. The van der Waals surface area contributed by atoms with Crippen molar-refractivity contribution in [1.29, 1.82) is 0 Å². The molecule has 2 heterocycles. The van der Waals surface area contributed by atoms with Crippen LogP contribution in [0.25, 0.3) is 11.1 Å². The summed E-state index contributed by atoms with van der Waals surface area (Å²) in [7, 11) is 0. The minimum Gasteiger partial charge on any atom is -0.474 e. The Morgan fingerprint density at radius 1 is 1.47 bits per heavy atom. The summed E-state index contributed by atoms with van der Waals surface area (Å²) in [6.07, 6.45) is 0. The smallest absolute Gasteiger partial charge is 0.263 e. The number of rotatable bonds is 3. The normalized spacial score (nSPS) is 10.0. The van der Waals surface area contributed by atoms with E-state index in [-0.39, 0.29) is 12.4 Å². The van der Waals surface area contributed by atoms with Crippen LogP contribution in [-0.4, -0.2) is 23.3 Å². The minimum absolute atomic E-state index is 0. The molecule has 0 fully saturated rings. The number of fused-ring (bicyclic) bond motifs is 1. The van der Waals surface area contributed by atoms with Crippen LogP contribution >= 0.6 is 12.4 Å². The predicted molar refractivity (Wildman–Crippen MR) is 58.3 cm³/mol. The van der Waals surface area contributed by atoms with E-state index in [0.29, 0.717) is 24.7 Å². The van der Waals surface area contributed by atoms with E-state index in [2.05, 4.69) is 10.1 Å². The van der Waals surface area contributed by atoms with Gasteiger partial charge in [-0.25, -0.2) is 4.98 Å². The molecule has 0 radical (unpaired) electrons. The Bertz CT molecular complexity index is 444. The summed E-state index contributed by atoms with van der Waals surface area (Å²) in [4.78, 5) is 4.16. The van der Waals surface area contributed by atoms with Gasteiger partial charge in [-0.3, -0.25) is 0 Å². The fourth-order valence-corrected chi connectivity index (χ4v) is 1.16. The molecule has 6 heteroatoms. The molecule has 0 saturated carbocycles. The quantitative estimate of drug-likeness (QED) is 0.859. The summed E-state index contributed by atoms with van der Waals surface area (Å²) in [6, 6.07) is 3.76. The number of aryl methyl sites for hydroxylation is 1. The average molecular weight is 230 g/mol. The highest BCUT2D eigenvalue weighted by atomic mass is 35.5. The first-order chi connectivity index (χ1) is 6.81. The van der Waals surface area contributed by atoms with Crippen LogP contribution in [0.15, 0.2) is 16.7 Å². The van der Waals surface area contributed by atoms with E-state index in [0.717, 1.165) is 11.1 Å². The van der Waals surface area contributed by atoms with Crippen molar-refractivity contribution >= 4 is 23.5 Å². The number of ether oxygens (including phenoxy) is 1. The molecule has 5 nitrogen and oxygen atoms in total. The van der Waals surface area contributed by atoms with Crippen LogP contribution < -0.4 is 10.5 Å². The Hall–Kier alpha value is -1.33. The molecular weight excluding hydrogens is 218 g/mol. The lowest BCUT2D eigenvalue weighted by atomic mass is 10.3. The van der Waals surface area contributed by atoms with Gasteiger partial charge in [0.2, 0.25) is 0 Å². The molecule has 0 aromatic carbocycles. The van der Waals surface area contributed by atoms with E-state index in [4.69, 9.17) is 15.0 Å². The summed E-state index contributed by atoms with van der Waals surface area (Å²) >= 11 is 0. The summed E-state index contributed by atoms with van der Waals surface area (Å²) in [5.41, 5.74) is 6.70. The van der Waals surface area contributed by atoms with Crippen molar-refractivity contribution in [3.63, 3.8) is 0 Å². The molecule has 2 aromatic heterocycles. The molecule has 0 unspecified atom stereocenters. The molecule has 0 aliphatic carbocycles. The van der Waals surface area contributed by atoms with Crippen molar-refractivity contribution in [3.05, 3.63) is 17.8 Å². The Morgan fingerprint density at radius 2 is 2.27 bits per heavy atom. The molecule has 0 aliphatic rings. The molecule has 0 aliphatic heterocycles. The van der Waals surface area contributed by atoms with E-state index in [1.165, 1.54) is 0 Å². The third-order valence-corrected chi connectivity index (χ3v) is 1.80. The maximum atomic E-state index is 5.31. The van der Waals surface area contributed by atoms with E-state index in [1.807, 2.05) is 19.1 Å². The minimum atomic E-state index is 0. The zero-order valence-corrected chi connectivity index (χ0v) is 9.08. The first kappa shape index (κ1) is 11.7. The van der Waals surface area contributed by atoms with E-state index in [1.54, 1.807) is 0 Å². The first-order valence-electron chi connectivity index (χ1n) is 4.37. The average Bonchev–Trinajstić information content (AvgIpc) is 2.57. The molecule has 0 amide bonds. The lowest BCUT2D eigenvalue weighted by molar-refractivity contribution is 0.292. The number of nitrogens with zero attached hydrogens (tertiary/aromatic N) is 2. The number of hydrogen-bond donors (Lipinski definition) is 1. The second kappa shape index (κ2) is 4.95. The van der Waals surface area contributed by atoms with Crippen LogP contribution in [0.3, 0.4) is 0 Å². The Kier molecular flexibility index (Phi) is 3.88. The highest BCUT2D eigenvalue weighted by molar-refractivity contribution is 5.85. The van der Waals surface area contributed by atoms with Crippen LogP contribution in [0.2, 0.25) is 0 Å². The van der Waals surface area contributed by atoms with Crippen LogP contribution in [0.4, 0.5) is 0 Å². The van der Waals surface area contributed by atoms with Gasteiger partial charge in [-0.15, -0.1) is 12.4 Å². The maximum absolute atomic E-state index is 5.31. The van der Waals surface area contributed by atoms with Gasteiger partial charge in [0.05, 0.1) is 0 Å². The largest absolute Gasteiger partial charge is 0.474 e. The van der Waals surface area contributed by atoms with Gasteiger partial charge in [0.15, 0.2) is 0 Å². The zero-order chi connectivity index (χ0) is 9.97. The Balaban J connectivity index is 0.00000112. The van der Waals surface area contributed by atoms with Crippen molar-refractivity contribution in [3.8, 4) is 5.88 Å². The van der Waals surface area contributed by atoms with Gasteiger partial charge in [0.1, 0.15) is 12.0 Å². The van der Waals surface area contributed by atoms with E-state index < -0.39 is 0 Å². The predicted octanol–water partition coefficient (Wildman–Crippen LogP) is 1.29. The Labute approximate surface area is 93.0 Å². The highest BCUT2D eigenvalue weighted by Gasteiger charge is 2.09. The highest BCUT2D eigenvalue weighted by Crippen LogP contribution is 2.22. The van der Waals surface area contributed by atoms with Crippen LogP contribution in [0, 0.1) is 6.92 Å². The fourth-order valence-electron chi connectivity index (χ4n) is 1.16. The molecule has 0 spiro atoms. The van der Waals surface area contributed by atoms with Crippen LogP contribution in [0.1, 0.15) is 5.69 Å². The summed E-state index contributed by atoms with van der Waals surface area (Å²) in [5, 5.41) is 4.54. The lowest BCUT2D eigenvalue weighted by Crippen LogP contribution is -2.10. The van der Waals surface area contributed by atoms with Crippen molar-refractivity contribution in [1.82, 2.24) is 10.1 Å². The molecule has 82 valence electrons. The zero-order valence-electron chi connectivity index (χ0n) is 8.27. The fraction of sp³-hybridized carbons (Fsp3) is 0.333. The second-order valence-corrected chi connectivity index (χ2v) is 2.93. The molecule has 2 aromatic rings. The van der Waals surface area contributed by atoms with Gasteiger partial charge in [-0.1, -0.05) is 0 Å². The molecule has 0 bridgehead atoms. The molecule has 2 N–H and O–H groups in total. The maximum Gasteiger partial charge on any atom is 0.263 e. The standard InChI is InChI=1S/C9H11N3O2.ClH/c1-6-2-3-7-8(11-6)14-12-9(7)13-5-4-10;/h2-3H,4-5,10H2,1H3;1H. The monoisotopic (exact) mass is 229 g/mol. The van der Waals surface area contributed by atoms with Gasteiger partial charge in [0.25, 0.3) is 11.6 Å². The van der Waals surface area contributed by atoms with E-state index >= 15 is 0 Å². The van der Waals surface area contributed by atoms with Gasteiger partial charge < -0.3 is 15.0 Å². The van der Waals surface area contributed by atoms with E-state index in [9.17, 15) is 0 Å². The van der Waals surface area contributed by atoms with Crippen LogP contribution in [0.5, 0.6) is 5.88 Å². The molecule has 15 heavy (non-hydrogen) atoms. The van der Waals surface area contributed by atoms with Crippen molar-refractivity contribution in [2.75, 3.05) is 13.2 Å². The molecule has 2 rings (SSSR count). The van der Waals surface area contributed by atoms with Crippen molar-refractivity contribution in [2.24, 2.45) is 5.73 Å². The molecule has 0 atom stereocenters. The Morgan fingerprint density at radius 3 is 3.00 bits per heavy atom. The van der Waals surface area contributed by atoms with Gasteiger partial charge >= 0.3 is 0 Å². The summed E-state index contributed by atoms with van der Waals surface area (Å²) in [5.74, 6) is 0.456. The third-order valence-electron chi connectivity index (χ3n) is 1.80.